The fourth-order valence-corrected chi connectivity index (χ4v) is 3.10. The van der Waals surface area contributed by atoms with E-state index < -0.39 is 0 Å². The molecule has 118 valence electrons. The predicted octanol–water partition coefficient (Wildman–Crippen LogP) is 1.77. The fourth-order valence-electron chi connectivity index (χ4n) is 3.10. The van der Waals surface area contributed by atoms with Crippen LogP contribution in [0.25, 0.3) is 0 Å². The highest BCUT2D eigenvalue weighted by molar-refractivity contribution is 5.22. The molecule has 3 rings (SSSR count). The van der Waals surface area contributed by atoms with Gasteiger partial charge in [0.2, 0.25) is 0 Å². The van der Waals surface area contributed by atoms with Crippen LogP contribution in [0.4, 0.5) is 0 Å². The minimum atomic E-state index is 0.660. The number of hydrogen-bond donors (Lipinski definition) is 0. The molecule has 0 radical (unpaired) electrons. The van der Waals surface area contributed by atoms with Gasteiger partial charge in [-0.05, 0) is 33.0 Å². The van der Waals surface area contributed by atoms with E-state index in [-0.39, 0.29) is 0 Å². The summed E-state index contributed by atoms with van der Waals surface area (Å²) in [7, 11) is 4.32. The van der Waals surface area contributed by atoms with E-state index in [1.54, 1.807) is 6.33 Å². The molecule has 2 aromatic rings. The molecule has 5 nitrogen and oxygen atoms in total. The molecule has 1 fully saturated rings. The normalized spacial score (nSPS) is 19.2. The topological polar surface area (TPSA) is 37.2 Å². The summed E-state index contributed by atoms with van der Waals surface area (Å²) >= 11 is 0. The molecule has 2 heterocycles. The van der Waals surface area contributed by atoms with Gasteiger partial charge in [0, 0.05) is 19.1 Å². The lowest BCUT2D eigenvalue weighted by Crippen LogP contribution is -2.31. The van der Waals surface area contributed by atoms with Crippen LogP contribution in [-0.4, -0.2) is 57.8 Å². The highest BCUT2D eigenvalue weighted by Gasteiger charge is 2.24. The maximum atomic E-state index is 4.46. The lowest BCUT2D eigenvalue weighted by molar-refractivity contribution is 0.258. The molecule has 22 heavy (non-hydrogen) atoms. The van der Waals surface area contributed by atoms with Crippen molar-refractivity contribution in [1.29, 1.82) is 0 Å². The largest absolute Gasteiger partial charge is 0.305 e. The molecule has 1 atom stereocenters. The van der Waals surface area contributed by atoms with Crippen LogP contribution < -0.4 is 0 Å². The number of aryl methyl sites for hydroxylation is 1. The quantitative estimate of drug-likeness (QED) is 0.843. The molecule has 1 aliphatic heterocycles. The first-order valence-corrected chi connectivity index (χ1v) is 7.93. The molecule has 0 bridgehead atoms. The molecule has 1 aromatic carbocycles. The number of likely N-dealkylation sites (N-methyl/N-ethyl adjacent to an activating group) is 1. The standard InChI is InChI=1S/C17H25N5/c1-14-5-4-6-15(9-14)10-22-17(18-13-19-22)12-21-8-7-16(11-21)20(2)3/h4-6,9,13,16H,7-8,10-12H2,1-3H3. The van der Waals surface area contributed by atoms with Crippen LogP contribution in [-0.2, 0) is 13.1 Å². The zero-order valence-corrected chi connectivity index (χ0v) is 13.7. The van der Waals surface area contributed by atoms with Gasteiger partial charge in [-0.1, -0.05) is 29.8 Å². The summed E-state index contributed by atoms with van der Waals surface area (Å²) in [6, 6.07) is 9.24. The first-order chi connectivity index (χ1) is 10.6. The van der Waals surface area contributed by atoms with Crippen molar-refractivity contribution in [2.45, 2.75) is 32.5 Å². The van der Waals surface area contributed by atoms with Gasteiger partial charge >= 0.3 is 0 Å². The Morgan fingerprint density at radius 1 is 1.27 bits per heavy atom. The summed E-state index contributed by atoms with van der Waals surface area (Å²) in [6.07, 6.45) is 2.91. The van der Waals surface area contributed by atoms with Crippen molar-refractivity contribution in [1.82, 2.24) is 24.6 Å². The van der Waals surface area contributed by atoms with E-state index in [4.69, 9.17) is 0 Å². The third kappa shape index (κ3) is 3.54. The SMILES string of the molecule is Cc1cccc(Cn2ncnc2CN2CCC(N(C)C)C2)c1. The van der Waals surface area contributed by atoms with Crippen molar-refractivity contribution in [2.24, 2.45) is 0 Å². The summed E-state index contributed by atoms with van der Waals surface area (Å²) < 4.78 is 2.03. The second-order valence-electron chi connectivity index (χ2n) is 6.46. The van der Waals surface area contributed by atoms with Gasteiger partial charge in [-0.25, -0.2) is 9.67 Å². The first kappa shape index (κ1) is 15.2. The van der Waals surface area contributed by atoms with Crippen LogP contribution >= 0.6 is 0 Å². The second kappa shape index (κ2) is 6.58. The number of benzene rings is 1. The Labute approximate surface area is 132 Å². The molecule has 0 amide bonds. The van der Waals surface area contributed by atoms with E-state index in [1.807, 2.05) is 4.68 Å². The van der Waals surface area contributed by atoms with Gasteiger partial charge in [-0.2, -0.15) is 5.10 Å². The Bertz CT molecular complexity index is 619. The highest BCUT2D eigenvalue weighted by atomic mass is 15.4. The van der Waals surface area contributed by atoms with Crippen molar-refractivity contribution in [2.75, 3.05) is 27.2 Å². The second-order valence-corrected chi connectivity index (χ2v) is 6.46. The zero-order valence-electron chi connectivity index (χ0n) is 13.7. The Kier molecular flexibility index (Phi) is 4.55. The lowest BCUT2D eigenvalue weighted by Gasteiger charge is -2.20. The number of likely N-dealkylation sites (tertiary alicyclic amines) is 1. The Morgan fingerprint density at radius 3 is 2.86 bits per heavy atom. The average molecular weight is 299 g/mol. The van der Waals surface area contributed by atoms with Crippen LogP contribution in [0.1, 0.15) is 23.4 Å². The van der Waals surface area contributed by atoms with Crippen molar-refractivity contribution < 1.29 is 0 Å². The van der Waals surface area contributed by atoms with Crippen LogP contribution in [0.3, 0.4) is 0 Å². The summed E-state index contributed by atoms with van der Waals surface area (Å²) in [5, 5.41) is 4.41. The van der Waals surface area contributed by atoms with Gasteiger partial charge in [0.05, 0.1) is 13.1 Å². The van der Waals surface area contributed by atoms with E-state index in [1.165, 1.54) is 17.5 Å². The summed E-state index contributed by atoms with van der Waals surface area (Å²) in [4.78, 5) is 9.26. The van der Waals surface area contributed by atoms with Gasteiger partial charge < -0.3 is 4.90 Å². The number of nitrogens with zero attached hydrogens (tertiary/aromatic N) is 5. The molecule has 5 heteroatoms. The Morgan fingerprint density at radius 2 is 2.14 bits per heavy atom. The number of hydrogen-bond acceptors (Lipinski definition) is 4. The van der Waals surface area contributed by atoms with Gasteiger partial charge in [-0.15, -0.1) is 0 Å². The zero-order chi connectivity index (χ0) is 15.5. The Hall–Kier alpha value is -1.72. The molecule has 1 saturated heterocycles. The van der Waals surface area contributed by atoms with Gasteiger partial charge in [0.1, 0.15) is 12.2 Å². The molecule has 1 unspecified atom stereocenters. The minimum absolute atomic E-state index is 0.660. The first-order valence-electron chi connectivity index (χ1n) is 7.93. The van der Waals surface area contributed by atoms with Crippen molar-refractivity contribution >= 4 is 0 Å². The molecule has 0 N–H and O–H groups in total. The van der Waals surface area contributed by atoms with Gasteiger partial charge in [-0.3, -0.25) is 4.90 Å². The average Bonchev–Trinajstić information content (AvgIpc) is 3.10. The summed E-state index contributed by atoms with van der Waals surface area (Å²) in [5.41, 5.74) is 2.56. The summed E-state index contributed by atoms with van der Waals surface area (Å²) in [5.74, 6) is 1.06. The smallest absolute Gasteiger partial charge is 0.141 e. The van der Waals surface area contributed by atoms with E-state index >= 15 is 0 Å². The molecule has 0 aliphatic carbocycles. The third-order valence-electron chi connectivity index (χ3n) is 4.45. The molecular weight excluding hydrogens is 274 g/mol. The van der Waals surface area contributed by atoms with Crippen molar-refractivity contribution in [3.63, 3.8) is 0 Å². The number of rotatable bonds is 5. The predicted molar refractivity (Wildman–Crippen MR) is 87.7 cm³/mol. The van der Waals surface area contributed by atoms with Crippen LogP contribution in [0, 0.1) is 6.92 Å². The molecule has 1 aliphatic rings. The highest BCUT2D eigenvalue weighted by Crippen LogP contribution is 2.16. The van der Waals surface area contributed by atoms with Gasteiger partial charge in [0.25, 0.3) is 0 Å². The molecule has 1 aromatic heterocycles. The van der Waals surface area contributed by atoms with E-state index in [0.29, 0.717) is 6.04 Å². The molecular formula is C17H25N5. The minimum Gasteiger partial charge on any atom is -0.305 e. The van der Waals surface area contributed by atoms with E-state index in [2.05, 4.69) is 65.2 Å². The van der Waals surface area contributed by atoms with Crippen LogP contribution in [0.5, 0.6) is 0 Å². The molecule has 0 spiro atoms. The number of aromatic nitrogens is 3. The van der Waals surface area contributed by atoms with E-state index in [0.717, 1.165) is 32.0 Å². The van der Waals surface area contributed by atoms with Crippen molar-refractivity contribution in [3.8, 4) is 0 Å². The fraction of sp³-hybridized carbons (Fsp3) is 0.529. The van der Waals surface area contributed by atoms with Crippen LogP contribution in [0.2, 0.25) is 0 Å². The molecule has 0 saturated carbocycles. The lowest BCUT2D eigenvalue weighted by atomic mass is 10.1. The van der Waals surface area contributed by atoms with E-state index in [9.17, 15) is 0 Å². The summed E-state index contributed by atoms with van der Waals surface area (Å²) in [6.45, 7) is 6.06. The maximum absolute atomic E-state index is 4.46. The van der Waals surface area contributed by atoms with Crippen LogP contribution in [0.15, 0.2) is 30.6 Å². The van der Waals surface area contributed by atoms with Crippen molar-refractivity contribution in [3.05, 3.63) is 47.5 Å². The monoisotopic (exact) mass is 299 g/mol. The van der Waals surface area contributed by atoms with Gasteiger partial charge in [0.15, 0.2) is 0 Å². The Balaban J connectivity index is 1.65. The third-order valence-corrected chi connectivity index (χ3v) is 4.45. The maximum Gasteiger partial charge on any atom is 0.141 e.